The van der Waals surface area contributed by atoms with Gasteiger partial charge in [-0.05, 0) is 38.8 Å². The first-order chi connectivity index (χ1) is 17.3. The summed E-state index contributed by atoms with van der Waals surface area (Å²) in [5.74, 6) is 1.43. The summed E-state index contributed by atoms with van der Waals surface area (Å²) in [6.45, 7) is 8.94. The summed E-state index contributed by atoms with van der Waals surface area (Å²) in [7, 11) is 0. The van der Waals surface area contributed by atoms with Crippen LogP contribution in [0.5, 0.6) is 0 Å². The lowest BCUT2D eigenvalue weighted by atomic mass is 10.1. The van der Waals surface area contributed by atoms with Crippen LogP contribution in [0.3, 0.4) is 0 Å². The summed E-state index contributed by atoms with van der Waals surface area (Å²) in [6.07, 6.45) is 4.99. The molecule has 9 nitrogen and oxygen atoms in total. The molecule has 2 atom stereocenters. The first kappa shape index (κ1) is 24.2. The molecule has 0 radical (unpaired) electrons. The molecule has 3 aromatic rings. The van der Waals surface area contributed by atoms with E-state index >= 15 is 0 Å². The van der Waals surface area contributed by atoms with E-state index in [4.69, 9.17) is 19.4 Å². The molecule has 5 rings (SSSR count). The van der Waals surface area contributed by atoms with Gasteiger partial charge in [0.1, 0.15) is 11.4 Å². The van der Waals surface area contributed by atoms with E-state index in [0.717, 1.165) is 42.7 Å². The van der Waals surface area contributed by atoms with Gasteiger partial charge in [0.05, 0.1) is 24.4 Å². The van der Waals surface area contributed by atoms with E-state index in [1.54, 1.807) is 17.3 Å². The molecule has 2 aliphatic rings. The fourth-order valence-electron chi connectivity index (χ4n) is 4.69. The standard InChI is InChI=1S/C27H34N6O3/c1-27(2,3)36-26(34)33-12-10-20(17-33)29-24-22-9-11-28-16-23(22)30-25(31-24)32-13-14-35-21(18-32)15-19-7-5-4-6-8-19/h4-9,11,16,20-21H,10,12-15,17-18H2,1-3H3,(H,29,30,31). The number of hydrogen-bond donors (Lipinski definition) is 1. The van der Waals surface area contributed by atoms with Crippen LogP contribution in [0.15, 0.2) is 48.8 Å². The number of nitrogens with zero attached hydrogens (tertiary/aromatic N) is 5. The van der Waals surface area contributed by atoms with E-state index in [0.29, 0.717) is 25.6 Å². The highest BCUT2D eigenvalue weighted by atomic mass is 16.6. The SMILES string of the molecule is CC(C)(C)OC(=O)N1CCC(Nc2nc(N3CCOC(Cc4ccccc4)C3)nc3cnccc23)C1. The molecule has 2 aliphatic heterocycles. The number of ether oxygens (including phenoxy) is 2. The first-order valence-electron chi connectivity index (χ1n) is 12.6. The Labute approximate surface area is 211 Å². The molecule has 2 saturated heterocycles. The Balaban J connectivity index is 1.32. The summed E-state index contributed by atoms with van der Waals surface area (Å²) >= 11 is 0. The number of pyridine rings is 1. The second-order valence-corrected chi connectivity index (χ2v) is 10.4. The van der Waals surface area contributed by atoms with Crippen molar-refractivity contribution in [2.45, 2.75) is 51.4 Å². The molecule has 190 valence electrons. The van der Waals surface area contributed by atoms with Crippen LogP contribution in [-0.2, 0) is 15.9 Å². The number of amides is 1. The van der Waals surface area contributed by atoms with Crippen LogP contribution in [0.25, 0.3) is 10.9 Å². The number of morpholine rings is 1. The van der Waals surface area contributed by atoms with Crippen LogP contribution in [0.2, 0.25) is 0 Å². The molecule has 4 heterocycles. The van der Waals surface area contributed by atoms with Crippen LogP contribution >= 0.6 is 0 Å². The van der Waals surface area contributed by atoms with Crippen molar-refractivity contribution >= 4 is 28.8 Å². The number of likely N-dealkylation sites (tertiary alicyclic amines) is 1. The van der Waals surface area contributed by atoms with Crippen molar-refractivity contribution in [3.05, 3.63) is 54.4 Å². The molecule has 0 aliphatic carbocycles. The van der Waals surface area contributed by atoms with Gasteiger partial charge in [-0.15, -0.1) is 0 Å². The van der Waals surface area contributed by atoms with Crippen molar-refractivity contribution in [3.8, 4) is 0 Å². The summed E-state index contributed by atoms with van der Waals surface area (Å²) in [5, 5.41) is 4.49. The monoisotopic (exact) mass is 490 g/mol. The summed E-state index contributed by atoms with van der Waals surface area (Å²) in [5.41, 5.74) is 1.54. The van der Waals surface area contributed by atoms with Gasteiger partial charge in [-0.25, -0.2) is 9.78 Å². The van der Waals surface area contributed by atoms with Gasteiger partial charge in [-0.1, -0.05) is 30.3 Å². The third-order valence-corrected chi connectivity index (χ3v) is 6.40. The number of carbonyl (C=O) groups is 1. The topological polar surface area (TPSA) is 92.7 Å². The Morgan fingerprint density at radius 2 is 1.97 bits per heavy atom. The maximum atomic E-state index is 12.5. The number of rotatable bonds is 5. The number of benzene rings is 1. The fourth-order valence-corrected chi connectivity index (χ4v) is 4.69. The summed E-state index contributed by atoms with van der Waals surface area (Å²) < 4.78 is 11.6. The lowest BCUT2D eigenvalue weighted by Gasteiger charge is -2.33. The molecular formula is C27H34N6O3. The molecule has 0 bridgehead atoms. The average Bonchev–Trinajstić information content (AvgIpc) is 3.33. The number of carbonyl (C=O) groups excluding carboxylic acids is 1. The van der Waals surface area contributed by atoms with Crippen LogP contribution < -0.4 is 10.2 Å². The zero-order chi connectivity index (χ0) is 25.1. The maximum absolute atomic E-state index is 12.5. The van der Waals surface area contributed by atoms with Gasteiger partial charge >= 0.3 is 6.09 Å². The lowest BCUT2D eigenvalue weighted by molar-refractivity contribution is 0.0293. The number of nitrogens with one attached hydrogen (secondary N) is 1. The number of aromatic nitrogens is 3. The summed E-state index contributed by atoms with van der Waals surface area (Å²) in [4.78, 5) is 30.5. The number of anilines is 2. The van der Waals surface area contributed by atoms with Gasteiger partial charge in [-0.2, -0.15) is 4.98 Å². The average molecular weight is 491 g/mol. The van der Waals surface area contributed by atoms with Crippen molar-refractivity contribution in [1.82, 2.24) is 19.9 Å². The molecule has 1 amide bonds. The largest absolute Gasteiger partial charge is 0.444 e. The van der Waals surface area contributed by atoms with E-state index < -0.39 is 5.60 Å². The van der Waals surface area contributed by atoms with Gasteiger partial charge in [0.15, 0.2) is 0 Å². The fraction of sp³-hybridized carbons (Fsp3) is 0.481. The highest BCUT2D eigenvalue weighted by Gasteiger charge is 2.31. The quantitative estimate of drug-likeness (QED) is 0.576. The van der Waals surface area contributed by atoms with Crippen LogP contribution in [0, 0.1) is 0 Å². The normalized spacial score (nSPS) is 20.5. The zero-order valence-corrected chi connectivity index (χ0v) is 21.2. The van der Waals surface area contributed by atoms with E-state index in [-0.39, 0.29) is 18.2 Å². The molecule has 36 heavy (non-hydrogen) atoms. The molecule has 1 aromatic carbocycles. The highest BCUT2D eigenvalue weighted by Crippen LogP contribution is 2.27. The molecule has 2 aromatic heterocycles. The molecule has 0 saturated carbocycles. The minimum absolute atomic E-state index is 0.0722. The Morgan fingerprint density at radius 3 is 2.78 bits per heavy atom. The van der Waals surface area contributed by atoms with Gasteiger partial charge in [0.25, 0.3) is 0 Å². The predicted octanol–water partition coefficient (Wildman–Crippen LogP) is 3.89. The smallest absolute Gasteiger partial charge is 0.410 e. The van der Waals surface area contributed by atoms with Gasteiger partial charge in [-0.3, -0.25) is 4.98 Å². The number of hydrogen-bond acceptors (Lipinski definition) is 8. The van der Waals surface area contributed by atoms with Crippen LogP contribution in [-0.4, -0.2) is 76.5 Å². The van der Waals surface area contributed by atoms with E-state index in [1.165, 1.54) is 5.56 Å². The highest BCUT2D eigenvalue weighted by molar-refractivity contribution is 5.89. The Morgan fingerprint density at radius 1 is 1.14 bits per heavy atom. The van der Waals surface area contributed by atoms with E-state index in [9.17, 15) is 4.79 Å². The zero-order valence-electron chi connectivity index (χ0n) is 21.2. The second kappa shape index (κ2) is 10.3. The van der Waals surface area contributed by atoms with Crippen molar-refractivity contribution in [2.75, 3.05) is 43.0 Å². The molecular weight excluding hydrogens is 456 g/mol. The maximum Gasteiger partial charge on any atom is 0.410 e. The Kier molecular flexibility index (Phi) is 6.91. The molecule has 1 N–H and O–H groups in total. The summed E-state index contributed by atoms with van der Waals surface area (Å²) in [6, 6.07) is 12.4. The van der Waals surface area contributed by atoms with Gasteiger partial charge in [0, 0.05) is 50.2 Å². The van der Waals surface area contributed by atoms with Crippen molar-refractivity contribution < 1.29 is 14.3 Å². The molecule has 9 heteroatoms. The van der Waals surface area contributed by atoms with Crippen molar-refractivity contribution in [3.63, 3.8) is 0 Å². The third kappa shape index (κ3) is 5.84. The van der Waals surface area contributed by atoms with Crippen molar-refractivity contribution in [2.24, 2.45) is 0 Å². The van der Waals surface area contributed by atoms with Gasteiger partial charge in [0.2, 0.25) is 5.95 Å². The Hall–Kier alpha value is -3.46. The lowest BCUT2D eigenvalue weighted by Crippen LogP contribution is -2.44. The van der Waals surface area contributed by atoms with Crippen LogP contribution in [0.4, 0.5) is 16.6 Å². The number of fused-ring (bicyclic) bond motifs is 1. The molecule has 2 unspecified atom stereocenters. The van der Waals surface area contributed by atoms with Crippen LogP contribution in [0.1, 0.15) is 32.8 Å². The third-order valence-electron chi connectivity index (χ3n) is 6.40. The Bertz CT molecular complexity index is 1200. The van der Waals surface area contributed by atoms with Gasteiger partial charge < -0.3 is 24.6 Å². The molecule has 2 fully saturated rings. The first-order valence-corrected chi connectivity index (χ1v) is 12.6. The minimum atomic E-state index is -0.510. The van der Waals surface area contributed by atoms with E-state index in [2.05, 4.69) is 39.5 Å². The van der Waals surface area contributed by atoms with E-state index in [1.807, 2.05) is 32.9 Å². The predicted molar refractivity (Wildman–Crippen MR) is 139 cm³/mol. The minimum Gasteiger partial charge on any atom is -0.444 e. The molecule has 0 spiro atoms. The van der Waals surface area contributed by atoms with Crippen molar-refractivity contribution in [1.29, 1.82) is 0 Å². The second-order valence-electron chi connectivity index (χ2n) is 10.4.